The van der Waals surface area contributed by atoms with Gasteiger partial charge in [0.1, 0.15) is 5.75 Å². The summed E-state index contributed by atoms with van der Waals surface area (Å²) in [7, 11) is 0. The molecule has 0 spiro atoms. The zero-order valence-corrected chi connectivity index (χ0v) is 16.4. The molecule has 0 aliphatic heterocycles. The highest BCUT2D eigenvalue weighted by molar-refractivity contribution is 9.10. The number of thiazole rings is 1. The molecular formula is C17H19BrN2O4S. The largest absolute Gasteiger partial charge is 0.483 e. The molecule has 2 rings (SSSR count). The number of aryl methyl sites for hydroxylation is 1. The van der Waals surface area contributed by atoms with Crippen LogP contribution in [0.1, 0.15) is 25.1 Å². The van der Waals surface area contributed by atoms with E-state index in [-0.39, 0.29) is 24.9 Å². The van der Waals surface area contributed by atoms with E-state index in [9.17, 15) is 9.59 Å². The van der Waals surface area contributed by atoms with Crippen LogP contribution in [0.3, 0.4) is 0 Å². The van der Waals surface area contributed by atoms with E-state index >= 15 is 0 Å². The lowest BCUT2D eigenvalue weighted by Gasteiger charge is -2.09. The van der Waals surface area contributed by atoms with Crippen molar-refractivity contribution in [2.45, 2.75) is 26.7 Å². The van der Waals surface area contributed by atoms with Crippen LogP contribution >= 0.6 is 27.3 Å². The molecule has 8 heteroatoms. The Morgan fingerprint density at radius 3 is 2.80 bits per heavy atom. The van der Waals surface area contributed by atoms with Gasteiger partial charge >= 0.3 is 5.97 Å². The summed E-state index contributed by atoms with van der Waals surface area (Å²) in [6.45, 7) is 4.02. The minimum atomic E-state index is -0.339. The number of hydrogen-bond acceptors (Lipinski definition) is 6. The molecule has 0 saturated carbocycles. The molecule has 25 heavy (non-hydrogen) atoms. The molecule has 134 valence electrons. The van der Waals surface area contributed by atoms with Crippen LogP contribution in [0.15, 0.2) is 28.1 Å². The molecule has 1 N–H and O–H groups in total. The Bertz CT molecular complexity index is 748. The van der Waals surface area contributed by atoms with Gasteiger partial charge in [-0.1, -0.05) is 13.0 Å². The number of rotatable bonds is 8. The molecule has 6 nitrogen and oxygen atoms in total. The molecule has 0 unspecified atom stereocenters. The molecule has 1 aromatic carbocycles. The fourth-order valence-corrected chi connectivity index (χ4v) is 3.25. The number of aromatic nitrogens is 1. The van der Waals surface area contributed by atoms with Crippen LogP contribution in [0.5, 0.6) is 5.75 Å². The summed E-state index contributed by atoms with van der Waals surface area (Å²) in [6, 6.07) is 5.76. The van der Waals surface area contributed by atoms with Gasteiger partial charge in [0.2, 0.25) is 0 Å². The fourth-order valence-electron chi connectivity index (χ4n) is 1.99. The van der Waals surface area contributed by atoms with Gasteiger partial charge in [-0.15, -0.1) is 11.3 Å². The number of benzene rings is 1. The molecule has 1 heterocycles. The summed E-state index contributed by atoms with van der Waals surface area (Å²) in [4.78, 5) is 27.6. The summed E-state index contributed by atoms with van der Waals surface area (Å²) in [5.41, 5.74) is 1.75. The van der Waals surface area contributed by atoms with Crippen molar-refractivity contribution in [2.24, 2.45) is 0 Å². The number of carbonyl (C=O) groups excluding carboxylic acids is 2. The first kappa shape index (κ1) is 19.4. The van der Waals surface area contributed by atoms with E-state index in [1.54, 1.807) is 12.3 Å². The van der Waals surface area contributed by atoms with Gasteiger partial charge in [0, 0.05) is 5.38 Å². The summed E-state index contributed by atoms with van der Waals surface area (Å²) < 4.78 is 11.2. The Labute approximate surface area is 158 Å². The van der Waals surface area contributed by atoms with E-state index in [0.29, 0.717) is 23.2 Å². The highest BCUT2D eigenvalue weighted by Crippen LogP contribution is 2.26. The van der Waals surface area contributed by atoms with Crippen molar-refractivity contribution >= 4 is 44.3 Å². The number of esters is 1. The van der Waals surface area contributed by atoms with Gasteiger partial charge in [-0.05, 0) is 47.0 Å². The predicted octanol–water partition coefficient (Wildman–Crippen LogP) is 3.59. The van der Waals surface area contributed by atoms with E-state index in [1.807, 2.05) is 18.2 Å². The summed E-state index contributed by atoms with van der Waals surface area (Å²) in [6.07, 6.45) is 1.02. The number of halogens is 1. The lowest BCUT2D eigenvalue weighted by atomic mass is 10.2. The van der Waals surface area contributed by atoms with Crippen LogP contribution in [0.25, 0.3) is 0 Å². The minimum absolute atomic E-state index is 0.0907. The first-order valence-electron chi connectivity index (χ1n) is 7.83. The molecule has 0 saturated heterocycles. The molecule has 2 aromatic rings. The van der Waals surface area contributed by atoms with Crippen LogP contribution in [-0.2, 0) is 27.2 Å². The van der Waals surface area contributed by atoms with E-state index < -0.39 is 0 Å². The second-order valence-corrected chi connectivity index (χ2v) is 6.79. The van der Waals surface area contributed by atoms with Gasteiger partial charge in [0.25, 0.3) is 5.91 Å². The average Bonchev–Trinajstić information content (AvgIpc) is 3.00. The van der Waals surface area contributed by atoms with Gasteiger partial charge in [0.15, 0.2) is 11.7 Å². The molecule has 0 aliphatic carbocycles. The monoisotopic (exact) mass is 426 g/mol. The van der Waals surface area contributed by atoms with Crippen LogP contribution in [0.2, 0.25) is 0 Å². The Kier molecular flexibility index (Phi) is 7.39. The number of nitrogens with zero attached hydrogens (tertiary/aromatic N) is 1. The van der Waals surface area contributed by atoms with Gasteiger partial charge in [-0.25, -0.2) is 4.98 Å². The highest BCUT2D eigenvalue weighted by atomic mass is 79.9. The van der Waals surface area contributed by atoms with Crippen LogP contribution < -0.4 is 10.1 Å². The number of hydrogen-bond donors (Lipinski definition) is 1. The third-order valence-corrected chi connectivity index (χ3v) is 4.62. The first-order valence-corrected chi connectivity index (χ1v) is 9.50. The Balaban J connectivity index is 1.84. The summed E-state index contributed by atoms with van der Waals surface area (Å²) >= 11 is 4.69. The van der Waals surface area contributed by atoms with E-state index in [1.165, 1.54) is 16.9 Å². The van der Waals surface area contributed by atoms with Crippen molar-refractivity contribution in [3.8, 4) is 5.75 Å². The predicted molar refractivity (Wildman–Crippen MR) is 100 cm³/mol. The van der Waals surface area contributed by atoms with Crippen LogP contribution in [0.4, 0.5) is 5.13 Å². The standard InChI is InChI=1S/C17H19BrN2O4S/c1-3-11-5-6-14(13(18)7-11)24-9-15(21)20-17-19-12(10-25-17)8-16(22)23-4-2/h5-7,10H,3-4,8-9H2,1-2H3,(H,19,20,21). The number of amides is 1. The van der Waals surface area contributed by atoms with Crippen molar-refractivity contribution in [3.63, 3.8) is 0 Å². The van der Waals surface area contributed by atoms with Crippen LogP contribution in [0, 0.1) is 0 Å². The normalized spacial score (nSPS) is 10.4. The fraction of sp³-hybridized carbons (Fsp3) is 0.353. The van der Waals surface area contributed by atoms with Crippen molar-refractivity contribution in [2.75, 3.05) is 18.5 Å². The molecule has 0 fully saturated rings. The quantitative estimate of drug-likeness (QED) is 0.652. The van der Waals surface area contributed by atoms with Gasteiger partial charge < -0.3 is 9.47 Å². The molecule has 0 atom stereocenters. The molecule has 1 amide bonds. The summed E-state index contributed by atoms with van der Waals surface area (Å²) in [5.74, 6) is -0.0487. The second kappa shape index (κ2) is 9.53. The van der Waals surface area contributed by atoms with Crippen molar-refractivity contribution in [3.05, 3.63) is 39.3 Å². The molecular weight excluding hydrogens is 408 g/mol. The molecule has 1 aromatic heterocycles. The average molecular weight is 427 g/mol. The van der Waals surface area contributed by atoms with Crippen LogP contribution in [-0.4, -0.2) is 30.1 Å². The topological polar surface area (TPSA) is 77.5 Å². The zero-order valence-electron chi connectivity index (χ0n) is 14.0. The smallest absolute Gasteiger partial charge is 0.311 e. The Hall–Kier alpha value is -1.93. The molecule has 0 radical (unpaired) electrons. The maximum absolute atomic E-state index is 12.0. The van der Waals surface area contributed by atoms with Crippen molar-refractivity contribution in [1.82, 2.24) is 4.98 Å². The maximum Gasteiger partial charge on any atom is 0.311 e. The number of nitrogens with one attached hydrogen (secondary N) is 1. The third-order valence-electron chi connectivity index (χ3n) is 3.19. The maximum atomic E-state index is 12.0. The molecule has 0 aliphatic rings. The summed E-state index contributed by atoms with van der Waals surface area (Å²) in [5, 5.41) is 4.80. The minimum Gasteiger partial charge on any atom is -0.483 e. The van der Waals surface area contributed by atoms with Crippen molar-refractivity contribution in [1.29, 1.82) is 0 Å². The second-order valence-electron chi connectivity index (χ2n) is 5.08. The number of carbonyl (C=O) groups is 2. The van der Waals surface area contributed by atoms with E-state index in [2.05, 4.69) is 33.2 Å². The number of ether oxygens (including phenoxy) is 2. The Morgan fingerprint density at radius 2 is 2.12 bits per heavy atom. The lowest BCUT2D eigenvalue weighted by Crippen LogP contribution is -2.20. The first-order chi connectivity index (χ1) is 12.0. The van der Waals surface area contributed by atoms with E-state index in [4.69, 9.17) is 9.47 Å². The molecule has 0 bridgehead atoms. The highest BCUT2D eigenvalue weighted by Gasteiger charge is 2.11. The SMILES string of the molecule is CCOC(=O)Cc1csc(NC(=O)COc2ccc(CC)cc2Br)n1. The zero-order chi connectivity index (χ0) is 18.2. The van der Waals surface area contributed by atoms with E-state index in [0.717, 1.165) is 10.9 Å². The Morgan fingerprint density at radius 1 is 1.32 bits per heavy atom. The van der Waals surface area contributed by atoms with Gasteiger partial charge in [-0.2, -0.15) is 0 Å². The van der Waals surface area contributed by atoms with Gasteiger partial charge in [0.05, 0.1) is 23.2 Å². The lowest BCUT2D eigenvalue weighted by molar-refractivity contribution is -0.142. The number of anilines is 1. The third kappa shape index (κ3) is 6.13. The van der Waals surface area contributed by atoms with Gasteiger partial charge in [-0.3, -0.25) is 14.9 Å². The van der Waals surface area contributed by atoms with Crippen molar-refractivity contribution < 1.29 is 19.1 Å².